The number of pyridine rings is 1. The Morgan fingerprint density at radius 2 is 1.97 bits per heavy atom. The number of hydrogen-bond donors (Lipinski definition) is 3. The first-order valence-electron chi connectivity index (χ1n) is 9.39. The van der Waals surface area contributed by atoms with Crippen molar-refractivity contribution >= 4 is 62.8 Å². The lowest BCUT2D eigenvalue weighted by Gasteiger charge is -2.12. The number of anilines is 2. The number of thiocarbonyl (C=S) groups is 1. The van der Waals surface area contributed by atoms with Crippen LogP contribution in [0.15, 0.2) is 60.2 Å². The van der Waals surface area contributed by atoms with Gasteiger partial charge in [0.25, 0.3) is 0 Å². The molecule has 0 bridgehead atoms. The Kier molecular flexibility index (Phi) is 6.68. The molecule has 0 amide bonds. The van der Waals surface area contributed by atoms with Crippen molar-refractivity contribution in [1.29, 1.82) is 0 Å². The molecule has 0 aliphatic rings. The SMILES string of the molecule is S=C(NCCCNc1ccnc2cc(Cl)ccc12)Nc1nccc(-c2cccs2)n1. The van der Waals surface area contributed by atoms with Crippen LogP contribution in [-0.4, -0.2) is 33.2 Å². The molecule has 1 aromatic carbocycles. The molecular formula is C21H19ClN6S2. The van der Waals surface area contributed by atoms with E-state index in [0.29, 0.717) is 16.1 Å². The summed E-state index contributed by atoms with van der Waals surface area (Å²) in [5, 5.41) is 13.9. The normalized spacial score (nSPS) is 10.7. The summed E-state index contributed by atoms with van der Waals surface area (Å²) in [6.45, 7) is 1.51. The molecule has 0 atom stereocenters. The van der Waals surface area contributed by atoms with E-state index in [1.807, 2.05) is 47.8 Å². The Balaban J connectivity index is 1.24. The van der Waals surface area contributed by atoms with Gasteiger partial charge < -0.3 is 16.0 Å². The molecule has 30 heavy (non-hydrogen) atoms. The molecule has 6 nitrogen and oxygen atoms in total. The molecule has 0 fully saturated rings. The zero-order chi connectivity index (χ0) is 20.8. The van der Waals surface area contributed by atoms with E-state index < -0.39 is 0 Å². The van der Waals surface area contributed by atoms with Gasteiger partial charge in [-0.1, -0.05) is 17.7 Å². The van der Waals surface area contributed by atoms with Gasteiger partial charge in [0.05, 0.1) is 16.1 Å². The van der Waals surface area contributed by atoms with E-state index >= 15 is 0 Å². The molecule has 0 saturated heterocycles. The maximum atomic E-state index is 6.04. The van der Waals surface area contributed by atoms with Gasteiger partial charge in [0.15, 0.2) is 5.11 Å². The molecule has 0 aliphatic heterocycles. The van der Waals surface area contributed by atoms with E-state index in [2.05, 4.69) is 30.9 Å². The maximum absolute atomic E-state index is 6.04. The number of nitrogens with zero attached hydrogens (tertiary/aromatic N) is 3. The topological polar surface area (TPSA) is 74.8 Å². The zero-order valence-electron chi connectivity index (χ0n) is 15.9. The van der Waals surface area contributed by atoms with Crippen LogP contribution in [0, 0.1) is 0 Å². The largest absolute Gasteiger partial charge is 0.384 e. The van der Waals surface area contributed by atoms with Gasteiger partial charge in [0.1, 0.15) is 0 Å². The van der Waals surface area contributed by atoms with Crippen LogP contribution in [0.1, 0.15) is 6.42 Å². The second-order valence-electron chi connectivity index (χ2n) is 6.42. The van der Waals surface area contributed by atoms with E-state index in [0.717, 1.165) is 46.7 Å². The van der Waals surface area contributed by atoms with Crippen molar-refractivity contribution in [2.45, 2.75) is 6.42 Å². The third-order valence-corrected chi connectivity index (χ3v) is 5.69. The summed E-state index contributed by atoms with van der Waals surface area (Å²) in [6, 6.07) is 13.6. The van der Waals surface area contributed by atoms with Crippen LogP contribution in [0.25, 0.3) is 21.5 Å². The van der Waals surface area contributed by atoms with Crippen molar-refractivity contribution in [2.75, 3.05) is 23.7 Å². The molecule has 4 aromatic rings. The molecule has 3 N–H and O–H groups in total. The minimum atomic E-state index is 0.485. The summed E-state index contributed by atoms with van der Waals surface area (Å²) in [5.41, 5.74) is 2.79. The van der Waals surface area contributed by atoms with Gasteiger partial charge in [-0.15, -0.1) is 11.3 Å². The van der Waals surface area contributed by atoms with Crippen LogP contribution in [0.5, 0.6) is 0 Å². The summed E-state index contributed by atoms with van der Waals surface area (Å²) in [7, 11) is 0. The maximum Gasteiger partial charge on any atom is 0.229 e. The quantitative estimate of drug-likeness (QED) is 0.262. The van der Waals surface area contributed by atoms with Crippen molar-refractivity contribution in [1.82, 2.24) is 20.3 Å². The average molecular weight is 455 g/mol. The average Bonchev–Trinajstić information content (AvgIpc) is 3.28. The lowest BCUT2D eigenvalue weighted by Crippen LogP contribution is -2.30. The Labute approximate surface area is 188 Å². The van der Waals surface area contributed by atoms with E-state index in [1.165, 1.54) is 0 Å². The zero-order valence-corrected chi connectivity index (χ0v) is 18.3. The number of halogens is 1. The van der Waals surface area contributed by atoms with Gasteiger partial charge >= 0.3 is 0 Å². The van der Waals surface area contributed by atoms with Gasteiger partial charge in [-0.3, -0.25) is 4.98 Å². The molecule has 0 saturated carbocycles. The van der Waals surface area contributed by atoms with Crippen LogP contribution in [-0.2, 0) is 0 Å². The number of nitrogens with one attached hydrogen (secondary N) is 3. The van der Waals surface area contributed by atoms with Crippen LogP contribution in [0.3, 0.4) is 0 Å². The predicted octanol–water partition coefficient (Wildman–Crippen LogP) is 5.20. The lowest BCUT2D eigenvalue weighted by atomic mass is 10.2. The summed E-state index contributed by atoms with van der Waals surface area (Å²) in [5.74, 6) is 0.485. The van der Waals surface area contributed by atoms with E-state index in [1.54, 1.807) is 23.7 Å². The van der Waals surface area contributed by atoms with Gasteiger partial charge in [0.2, 0.25) is 5.95 Å². The number of thiophene rings is 1. The minimum Gasteiger partial charge on any atom is -0.384 e. The molecule has 9 heteroatoms. The molecule has 152 valence electrons. The monoisotopic (exact) mass is 454 g/mol. The van der Waals surface area contributed by atoms with Crippen LogP contribution in [0.4, 0.5) is 11.6 Å². The van der Waals surface area contributed by atoms with E-state index in [9.17, 15) is 0 Å². The summed E-state index contributed by atoms with van der Waals surface area (Å²) < 4.78 is 0. The Hall–Kier alpha value is -2.81. The number of benzene rings is 1. The Bertz CT molecular complexity index is 1150. The fraction of sp³-hybridized carbons (Fsp3) is 0.143. The molecule has 3 heterocycles. The second kappa shape index (κ2) is 9.80. The first-order chi connectivity index (χ1) is 14.7. The summed E-state index contributed by atoms with van der Waals surface area (Å²) in [6.07, 6.45) is 4.39. The number of fused-ring (bicyclic) bond motifs is 1. The molecule has 0 unspecified atom stereocenters. The molecule has 0 spiro atoms. The smallest absolute Gasteiger partial charge is 0.229 e. The van der Waals surface area contributed by atoms with E-state index in [4.69, 9.17) is 23.8 Å². The third-order valence-electron chi connectivity index (χ3n) is 4.31. The van der Waals surface area contributed by atoms with Gasteiger partial charge in [0, 0.05) is 41.6 Å². The van der Waals surface area contributed by atoms with Crippen LogP contribution < -0.4 is 16.0 Å². The Morgan fingerprint density at radius 3 is 2.83 bits per heavy atom. The van der Waals surface area contributed by atoms with Crippen LogP contribution >= 0.6 is 35.2 Å². The minimum absolute atomic E-state index is 0.485. The van der Waals surface area contributed by atoms with Gasteiger partial charge in [-0.25, -0.2) is 9.97 Å². The van der Waals surface area contributed by atoms with Crippen molar-refractivity contribution in [3.8, 4) is 10.6 Å². The highest BCUT2D eigenvalue weighted by atomic mass is 35.5. The molecule has 4 rings (SSSR count). The summed E-state index contributed by atoms with van der Waals surface area (Å²) in [4.78, 5) is 14.2. The first kappa shape index (κ1) is 20.5. The number of hydrogen-bond acceptors (Lipinski definition) is 6. The summed E-state index contributed by atoms with van der Waals surface area (Å²) >= 11 is 13.0. The van der Waals surface area contributed by atoms with Gasteiger partial charge in [-0.05, 0) is 60.4 Å². The third kappa shape index (κ3) is 5.21. The Morgan fingerprint density at radius 1 is 1.07 bits per heavy atom. The standard InChI is InChI=1S/C21H19ClN6S2/c22-14-4-5-15-16(6-10-24-18(15)13-14)23-8-2-9-26-21(29)28-20-25-11-7-17(27-20)19-3-1-12-30-19/h1,3-7,10-13H,2,8-9H2,(H,23,24)(H2,25,26,27,28,29). The lowest BCUT2D eigenvalue weighted by molar-refractivity contribution is 0.809. The first-order valence-corrected chi connectivity index (χ1v) is 11.1. The highest BCUT2D eigenvalue weighted by Crippen LogP contribution is 2.24. The van der Waals surface area contributed by atoms with E-state index in [-0.39, 0.29) is 0 Å². The fourth-order valence-electron chi connectivity index (χ4n) is 2.91. The second-order valence-corrected chi connectivity index (χ2v) is 8.22. The fourth-order valence-corrected chi connectivity index (χ4v) is 3.97. The molecule has 0 aliphatic carbocycles. The molecule has 0 radical (unpaired) electrons. The van der Waals surface area contributed by atoms with Crippen molar-refractivity contribution in [3.63, 3.8) is 0 Å². The van der Waals surface area contributed by atoms with Crippen molar-refractivity contribution < 1.29 is 0 Å². The number of rotatable bonds is 7. The molecule has 3 aromatic heterocycles. The highest BCUT2D eigenvalue weighted by molar-refractivity contribution is 7.80. The highest BCUT2D eigenvalue weighted by Gasteiger charge is 2.05. The van der Waals surface area contributed by atoms with Crippen molar-refractivity contribution in [2.24, 2.45) is 0 Å². The van der Waals surface area contributed by atoms with Crippen LogP contribution in [0.2, 0.25) is 5.02 Å². The molecular weight excluding hydrogens is 436 g/mol. The van der Waals surface area contributed by atoms with Gasteiger partial charge in [-0.2, -0.15) is 0 Å². The number of aromatic nitrogens is 3. The predicted molar refractivity (Wildman–Crippen MR) is 129 cm³/mol. The van der Waals surface area contributed by atoms with Crippen molar-refractivity contribution in [3.05, 3.63) is 65.3 Å².